The largest absolute Gasteiger partial charge is 0.508 e. The van der Waals surface area contributed by atoms with Gasteiger partial charge in [-0.15, -0.1) is 0 Å². The van der Waals surface area contributed by atoms with Crippen LogP contribution in [-0.4, -0.2) is 5.11 Å². The molecule has 4 rings (SSSR count). The van der Waals surface area contributed by atoms with E-state index in [4.69, 9.17) is 4.42 Å². The van der Waals surface area contributed by atoms with Crippen molar-refractivity contribution in [2.24, 2.45) is 0 Å². The smallest absolute Gasteiger partial charge is 0.142 e. The van der Waals surface area contributed by atoms with E-state index in [2.05, 4.69) is 31.2 Å². The molecular weight excluding hydrogens is 320 g/mol. The first kappa shape index (κ1) is 16.2. The number of phenols is 1. The lowest BCUT2D eigenvalue weighted by Gasteiger charge is -2.06. The molecule has 128 valence electrons. The molecular formula is C24H20O2. The van der Waals surface area contributed by atoms with Crippen molar-refractivity contribution in [2.45, 2.75) is 13.3 Å². The van der Waals surface area contributed by atoms with Crippen molar-refractivity contribution < 1.29 is 9.52 Å². The summed E-state index contributed by atoms with van der Waals surface area (Å²) in [7, 11) is 0. The van der Waals surface area contributed by atoms with Crippen LogP contribution < -0.4 is 0 Å². The van der Waals surface area contributed by atoms with Gasteiger partial charge in [-0.25, -0.2) is 0 Å². The summed E-state index contributed by atoms with van der Waals surface area (Å²) in [5.41, 5.74) is 5.45. The van der Waals surface area contributed by atoms with Crippen LogP contribution in [0.5, 0.6) is 5.75 Å². The van der Waals surface area contributed by atoms with Crippen molar-refractivity contribution in [1.29, 1.82) is 0 Å². The fourth-order valence-electron chi connectivity index (χ4n) is 3.35. The summed E-state index contributed by atoms with van der Waals surface area (Å²) in [6.07, 6.45) is 0.858. The molecule has 0 unspecified atom stereocenters. The third-order valence-electron chi connectivity index (χ3n) is 4.59. The van der Waals surface area contributed by atoms with E-state index in [0.29, 0.717) is 0 Å². The summed E-state index contributed by atoms with van der Waals surface area (Å²) in [4.78, 5) is 0. The molecule has 26 heavy (non-hydrogen) atoms. The highest BCUT2D eigenvalue weighted by Gasteiger charge is 2.22. The minimum atomic E-state index is 0.264. The minimum absolute atomic E-state index is 0.264. The van der Waals surface area contributed by atoms with Crippen LogP contribution in [-0.2, 0) is 6.42 Å². The molecule has 0 fully saturated rings. The highest BCUT2D eigenvalue weighted by Crippen LogP contribution is 2.43. The van der Waals surface area contributed by atoms with E-state index in [-0.39, 0.29) is 5.75 Å². The molecule has 2 heteroatoms. The topological polar surface area (TPSA) is 33.4 Å². The van der Waals surface area contributed by atoms with Gasteiger partial charge in [-0.3, -0.25) is 0 Å². The lowest BCUT2D eigenvalue weighted by molar-refractivity contribution is 0.475. The number of hydrogen-bond acceptors (Lipinski definition) is 2. The molecule has 2 nitrogen and oxygen atoms in total. The SMILES string of the molecule is CCc1c(-c2ccccc2)oc(-c2ccccc2)c1-c1ccc(O)cc1. The highest BCUT2D eigenvalue weighted by atomic mass is 16.3. The zero-order valence-corrected chi connectivity index (χ0v) is 14.6. The summed E-state index contributed by atoms with van der Waals surface area (Å²) >= 11 is 0. The molecule has 0 bridgehead atoms. The van der Waals surface area contributed by atoms with Crippen LogP contribution in [0.15, 0.2) is 89.3 Å². The average molecular weight is 340 g/mol. The lowest BCUT2D eigenvalue weighted by Crippen LogP contribution is -1.87. The van der Waals surface area contributed by atoms with E-state index in [1.54, 1.807) is 12.1 Å². The van der Waals surface area contributed by atoms with Gasteiger partial charge < -0.3 is 9.52 Å². The average Bonchev–Trinajstić information content (AvgIpc) is 3.09. The highest BCUT2D eigenvalue weighted by molar-refractivity contribution is 5.87. The first-order valence-electron chi connectivity index (χ1n) is 8.84. The van der Waals surface area contributed by atoms with Crippen molar-refractivity contribution in [3.63, 3.8) is 0 Å². The Balaban J connectivity index is 2.01. The van der Waals surface area contributed by atoms with E-state index in [9.17, 15) is 5.11 Å². The summed E-state index contributed by atoms with van der Waals surface area (Å²) in [6, 6.07) is 27.7. The number of rotatable bonds is 4. The fraction of sp³-hybridized carbons (Fsp3) is 0.0833. The second-order valence-electron chi connectivity index (χ2n) is 6.25. The third kappa shape index (κ3) is 2.91. The van der Waals surface area contributed by atoms with E-state index < -0.39 is 0 Å². The molecule has 3 aromatic carbocycles. The Labute approximate surface area is 153 Å². The van der Waals surface area contributed by atoms with Crippen molar-refractivity contribution in [2.75, 3.05) is 0 Å². The second kappa shape index (κ2) is 6.93. The number of aromatic hydroxyl groups is 1. The van der Waals surface area contributed by atoms with E-state index in [1.807, 2.05) is 48.5 Å². The lowest BCUT2D eigenvalue weighted by atomic mass is 9.94. The van der Waals surface area contributed by atoms with Crippen LogP contribution in [0.25, 0.3) is 33.8 Å². The van der Waals surface area contributed by atoms with Crippen molar-refractivity contribution in [3.8, 4) is 39.5 Å². The molecule has 0 aliphatic carbocycles. The molecule has 0 saturated carbocycles. The molecule has 0 spiro atoms. The number of phenolic OH excluding ortho intramolecular Hbond substituents is 1. The zero-order chi connectivity index (χ0) is 17.9. The van der Waals surface area contributed by atoms with Gasteiger partial charge >= 0.3 is 0 Å². The van der Waals surface area contributed by atoms with Crippen molar-refractivity contribution in [1.82, 2.24) is 0 Å². The normalized spacial score (nSPS) is 10.8. The van der Waals surface area contributed by atoms with Crippen LogP contribution in [0, 0.1) is 0 Å². The Morgan fingerprint density at radius 2 is 1.19 bits per heavy atom. The van der Waals surface area contributed by atoms with Gasteiger partial charge in [0, 0.05) is 22.3 Å². The van der Waals surface area contributed by atoms with Crippen LogP contribution in [0.3, 0.4) is 0 Å². The quantitative estimate of drug-likeness (QED) is 0.457. The molecule has 1 N–H and O–H groups in total. The summed E-state index contributed by atoms with van der Waals surface area (Å²) in [5.74, 6) is 2.04. The number of furan rings is 1. The maximum Gasteiger partial charge on any atom is 0.142 e. The zero-order valence-electron chi connectivity index (χ0n) is 14.6. The Hall–Kier alpha value is -3.26. The summed E-state index contributed by atoms with van der Waals surface area (Å²) in [5, 5.41) is 9.68. The second-order valence-corrected chi connectivity index (χ2v) is 6.25. The Morgan fingerprint density at radius 1 is 0.654 bits per heavy atom. The molecule has 0 radical (unpaired) electrons. The Kier molecular flexibility index (Phi) is 4.32. The van der Waals surface area contributed by atoms with Gasteiger partial charge in [-0.05, 0) is 24.1 Å². The van der Waals surface area contributed by atoms with Crippen LogP contribution >= 0.6 is 0 Å². The van der Waals surface area contributed by atoms with Crippen LogP contribution in [0.2, 0.25) is 0 Å². The maximum atomic E-state index is 9.68. The third-order valence-corrected chi connectivity index (χ3v) is 4.59. The maximum absolute atomic E-state index is 9.68. The fourth-order valence-corrected chi connectivity index (χ4v) is 3.35. The molecule has 1 heterocycles. The van der Waals surface area contributed by atoms with Gasteiger partial charge in [-0.1, -0.05) is 79.7 Å². The molecule has 4 aromatic rings. The number of hydrogen-bond donors (Lipinski definition) is 1. The van der Waals surface area contributed by atoms with E-state index >= 15 is 0 Å². The van der Waals surface area contributed by atoms with Crippen LogP contribution in [0.4, 0.5) is 0 Å². The summed E-state index contributed by atoms with van der Waals surface area (Å²) in [6.45, 7) is 2.15. The van der Waals surface area contributed by atoms with Gasteiger partial charge in [0.1, 0.15) is 17.3 Å². The Bertz CT molecular complexity index is 998. The van der Waals surface area contributed by atoms with Gasteiger partial charge in [0.25, 0.3) is 0 Å². The molecule has 0 amide bonds. The first-order chi connectivity index (χ1) is 12.8. The van der Waals surface area contributed by atoms with Crippen molar-refractivity contribution >= 4 is 0 Å². The van der Waals surface area contributed by atoms with E-state index in [1.165, 1.54) is 5.56 Å². The first-order valence-corrected chi connectivity index (χ1v) is 8.84. The monoisotopic (exact) mass is 340 g/mol. The van der Waals surface area contributed by atoms with Gasteiger partial charge in [0.2, 0.25) is 0 Å². The van der Waals surface area contributed by atoms with Gasteiger partial charge in [0.05, 0.1) is 0 Å². The molecule has 0 aliphatic rings. The molecule has 1 aromatic heterocycles. The molecule has 0 atom stereocenters. The predicted octanol–water partition coefficient (Wildman–Crippen LogP) is 6.55. The van der Waals surface area contributed by atoms with E-state index in [0.717, 1.165) is 40.2 Å². The minimum Gasteiger partial charge on any atom is -0.508 e. The number of benzene rings is 3. The standard InChI is InChI=1S/C24H20O2/c1-2-21-22(17-13-15-20(25)16-14-17)24(19-11-7-4-8-12-19)26-23(21)18-9-5-3-6-10-18/h3-16,25H,2H2,1H3. The van der Waals surface area contributed by atoms with Crippen molar-refractivity contribution in [3.05, 3.63) is 90.5 Å². The predicted molar refractivity (Wildman–Crippen MR) is 106 cm³/mol. The summed E-state index contributed by atoms with van der Waals surface area (Å²) < 4.78 is 6.43. The Morgan fingerprint density at radius 3 is 1.73 bits per heavy atom. The van der Waals surface area contributed by atoms with Gasteiger partial charge in [-0.2, -0.15) is 0 Å². The molecule has 0 aliphatic heterocycles. The molecule has 0 saturated heterocycles. The van der Waals surface area contributed by atoms with Gasteiger partial charge in [0.15, 0.2) is 0 Å². The van der Waals surface area contributed by atoms with Crippen LogP contribution in [0.1, 0.15) is 12.5 Å².